The van der Waals surface area contributed by atoms with Crippen molar-refractivity contribution in [2.45, 2.75) is 39.2 Å². The number of anilines is 1. The Morgan fingerprint density at radius 3 is 2.33 bits per heavy atom. The van der Waals surface area contributed by atoms with Crippen molar-refractivity contribution in [3.63, 3.8) is 0 Å². The molecule has 2 amide bonds. The van der Waals surface area contributed by atoms with Gasteiger partial charge in [0.1, 0.15) is 0 Å². The van der Waals surface area contributed by atoms with Gasteiger partial charge in [0, 0.05) is 18.3 Å². The molecule has 1 fully saturated rings. The van der Waals surface area contributed by atoms with Crippen LogP contribution in [0, 0.1) is 0 Å². The largest absolute Gasteiger partial charge is 0.331 e. The number of nitrogens with one attached hydrogen (secondary N) is 1. The maximum absolute atomic E-state index is 12.4. The Morgan fingerprint density at radius 2 is 1.88 bits per heavy atom. The van der Waals surface area contributed by atoms with Crippen LogP contribution in [0.5, 0.6) is 0 Å². The van der Waals surface area contributed by atoms with Crippen molar-refractivity contribution < 1.29 is 18.0 Å². The Kier molecular flexibility index (Phi) is 5.64. The van der Waals surface area contributed by atoms with Gasteiger partial charge in [-0.05, 0) is 37.0 Å². The van der Waals surface area contributed by atoms with Crippen molar-refractivity contribution in [2.24, 2.45) is 0 Å². The molecule has 1 unspecified atom stereocenters. The average molecular weight is 352 g/mol. The van der Waals surface area contributed by atoms with Crippen LogP contribution in [0.15, 0.2) is 24.3 Å². The molecule has 1 heterocycles. The highest BCUT2D eigenvalue weighted by molar-refractivity contribution is 7.91. The van der Waals surface area contributed by atoms with E-state index in [0.29, 0.717) is 24.6 Å². The first-order valence-corrected chi connectivity index (χ1v) is 9.98. The summed E-state index contributed by atoms with van der Waals surface area (Å²) in [6.45, 7) is 6.20. The van der Waals surface area contributed by atoms with Crippen LogP contribution >= 0.6 is 0 Å². The van der Waals surface area contributed by atoms with Gasteiger partial charge in [0.15, 0.2) is 9.84 Å². The summed E-state index contributed by atoms with van der Waals surface area (Å²) in [5.41, 5.74) is 1.69. The number of hydrogen-bond donors (Lipinski definition) is 1. The molecule has 0 spiro atoms. The number of carbonyl (C=O) groups is 2. The van der Waals surface area contributed by atoms with E-state index in [2.05, 4.69) is 19.2 Å². The number of sulfone groups is 1. The molecule has 0 bridgehead atoms. The van der Waals surface area contributed by atoms with E-state index in [1.165, 1.54) is 4.90 Å². The average Bonchev–Trinajstić information content (AvgIpc) is 2.88. The number of nitrogens with zero attached hydrogens (tertiary/aromatic N) is 1. The lowest BCUT2D eigenvalue weighted by Crippen LogP contribution is -2.46. The van der Waals surface area contributed by atoms with E-state index in [1.54, 1.807) is 19.1 Å². The van der Waals surface area contributed by atoms with Gasteiger partial charge < -0.3 is 10.2 Å². The quantitative estimate of drug-likeness (QED) is 0.837. The van der Waals surface area contributed by atoms with Gasteiger partial charge in [-0.15, -0.1) is 0 Å². The minimum Gasteiger partial charge on any atom is -0.331 e. The fourth-order valence-corrected chi connectivity index (χ4v) is 4.59. The lowest BCUT2D eigenvalue weighted by atomic mass is 10.0. The first-order valence-electron chi connectivity index (χ1n) is 8.16. The van der Waals surface area contributed by atoms with Gasteiger partial charge >= 0.3 is 11.8 Å². The van der Waals surface area contributed by atoms with Crippen LogP contribution in [0.4, 0.5) is 5.69 Å². The summed E-state index contributed by atoms with van der Waals surface area (Å²) in [6, 6.07) is 6.92. The van der Waals surface area contributed by atoms with Gasteiger partial charge in [-0.3, -0.25) is 9.59 Å². The molecule has 6 nitrogen and oxygen atoms in total. The van der Waals surface area contributed by atoms with Crippen molar-refractivity contribution in [3.05, 3.63) is 29.8 Å². The molecule has 0 aromatic heterocycles. The highest BCUT2D eigenvalue weighted by atomic mass is 32.2. The van der Waals surface area contributed by atoms with Gasteiger partial charge in [-0.1, -0.05) is 26.0 Å². The molecule has 0 radical (unpaired) electrons. The van der Waals surface area contributed by atoms with Gasteiger partial charge in [0.2, 0.25) is 0 Å². The summed E-state index contributed by atoms with van der Waals surface area (Å²) in [6.07, 6.45) is 0.387. The molecule has 1 saturated heterocycles. The smallest absolute Gasteiger partial charge is 0.313 e. The molecule has 1 aromatic carbocycles. The fourth-order valence-electron chi connectivity index (χ4n) is 2.86. The molecule has 132 valence electrons. The van der Waals surface area contributed by atoms with Gasteiger partial charge in [-0.2, -0.15) is 0 Å². The molecule has 1 aliphatic rings. The second kappa shape index (κ2) is 7.34. The summed E-state index contributed by atoms with van der Waals surface area (Å²) < 4.78 is 23.2. The second-order valence-corrected chi connectivity index (χ2v) is 8.61. The third-order valence-electron chi connectivity index (χ3n) is 4.28. The summed E-state index contributed by atoms with van der Waals surface area (Å²) >= 11 is 0. The molecular weight excluding hydrogens is 328 g/mol. The number of carbonyl (C=O) groups excluding carboxylic acids is 2. The highest BCUT2D eigenvalue weighted by Crippen LogP contribution is 2.19. The molecule has 1 aliphatic heterocycles. The summed E-state index contributed by atoms with van der Waals surface area (Å²) in [5.74, 6) is -1.04. The van der Waals surface area contributed by atoms with Crippen LogP contribution in [-0.2, 0) is 19.4 Å². The van der Waals surface area contributed by atoms with Crippen molar-refractivity contribution in [3.8, 4) is 0 Å². The molecule has 1 aromatic rings. The zero-order valence-electron chi connectivity index (χ0n) is 14.3. The molecular formula is C17H24N2O4S. The summed E-state index contributed by atoms with van der Waals surface area (Å²) in [7, 11) is -3.11. The maximum Gasteiger partial charge on any atom is 0.313 e. The van der Waals surface area contributed by atoms with E-state index in [0.717, 1.165) is 5.56 Å². The Bertz CT molecular complexity index is 711. The monoisotopic (exact) mass is 352 g/mol. The van der Waals surface area contributed by atoms with Crippen LogP contribution in [-0.4, -0.2) is 49.2 Å². The number of benzene rings is 1. The Morgan fingerprint density at radius 1 is 1.25 bits per heavy atom. The summed E-state index contributed by atoms with van der Waals surface area (Å²) in [5, 5.41) is 2.59. The first kappa shape index (κ1) is 18.4. The van der Waals surface area contributed by atoms with E-state index in [-0.39, 0.29) is 11.5 Å². The molecule has 1 N–H and O–H groups in total. The van der Waals surface area contributed by atoms with Crippen molar-refractivity contribution >= 4 is 27.3 Å². The minimum absolute atomic E-state index is 0.0665. The van der Waals surface area contributed by atoms with Crippen molar-refractivity contribution in [1.29, 1.82) is 0 Å². The first-order chi connectivity index (χ1) is 11.2. The summed E-state index contributed by atoms with van der Waals surface area (Å²) in [4.78, 5) is 25.9. The van der Waals surface area contributed by atoms with Crippen molar-refractivity contribution in [1.82, 2.24) is 4.90 Å². The molecule has 0 saturated carbocycles. The Hall–Kier alpha value is -1.89. The Labute approximate surface area is 143 Å². The SMILES string of the molecule is CCN(C(=O)C(=O)Nc1ccc(C(C)C)cc1)C1CCS(=O)(=O)C1. The number of amides is 2. The van der Waals surface area contributed by atoms with Gasteiger partial charge in [0.25, 0.3) is 0 Å². The topological polar surface area (TPSA) is 83.6 Å². The Balaban J connectivity index is 2.03. The number of likely N-dealkylation sites (N-methyl/N-ethyl adjacent to an activating group) is 1. The predicted molar refractivity (Wildman–Crippen MR) is 93.6 cm³/mol. The molecule has 2 rings (SSSR count). The van der Waals surface area contributed by atoms with E-state index in [9.17, 15) is 18.0 Å². The van der Waals surface area contributed by atoms with Gasteiger partial charge in [-0.25, -0.2) is 8.42 Å². The van der Waals surface area contributed by atoms with Crippen LogP contribution in [0.25, 0.3) is 0 Å². The van der Waals surface area contributed by atoms with Gasteiger partial charge in [0.05, 0.1) is 11.5 Å². The predicted octanol–water partition coefficient (Wildman–Crippen LogP) is 1.78. The molecule has 1 atom stereocenters. The van der Waals surface area contributed by atoms with Crippen LogP contribution in [0.2, 0.25) is 0 Å². The highest BCUT2D eigenvalue weighted by Gasteiger charge is 2.35. The molecule has 7 heteroatoms. The molecule has 24 heavy (non-hydrogen) atoms. The van der Waals surface area contributed by atoms with E-state index in [1.807, 2.05) is 12.1 Å². The zero-order chi connectivity index (χ0) is 17.9. The minimum atomic E-state index is -3.11. The zero-order valence-corrected chi connectivity index (χ0v) is 15.1. The normalized spacial score (nSPS) is 19.2. The third-order valence-corrected chi connectivity index (χ3v) is 6.03. The van der Waals surface area contributed by atoms with Crippen LogP contribution in [0.3, 0.4) is 0 Å². The number of hydrogen-bond acceptors (Lipinski definition) is 4. The molecule has 0 aliphatic carbocycles. The number of rotatable bonds is 4. The van der Waals surface area contributed by atoms with E-state index >= 15 is 0 Å². The lowest BCUT2D eigenvalue weighted by Gasteiger charge is -2.26. The van der Waals surface area contributed by atoms with Crippen LogP contribution < -0.4 is 5.32 Å². The lowest BCUT2D eigenvalue weighted by molar-refractivity contribution is -0.144. The fraction of sp³-hybridized carbons (Fsp3) is 0.529. The van der Waals surface area contributed by atoms with E-state index < -0.39 is 27.7 Å². The third kappa shape index (κ3) is 4.35. The maximum atomic E-state index is 12.4. The van der Waals surface area contributed by atoms with E-state index in [4.69, 9.17) is 0 Å². The standard InChI is InChI=1S/C17H24N2O4S/c1-4-19(15-9-10-24(22,23)11-15)17(21)16(20)18-14-7-5-13(6-8-14)12(2)3/h5-8,12,15H,4,9-11H2,1-3H3,(H,18,20). The second-order valence-electron chi connectivity index (χ2n) is 6.38. The van der Waals surface area contributed by atoms with Crippen LogP contribution in [0.1, 0.15) is 38.7 Å². The van der Waals surface area contributed by atoms with Crippen molar-refractivity contribution in [2.75, 3.05) is 23.4 Å².